The number of hydrogen-bond donors (Lipinski definition) is 13. The number of amides is 6. The molecule has 1 unspecified atom stereocenters. The summed E-state index contributed by atoms with van der Waals surface area (Å²) in [5.74, 6) is -5.18. The number of ether oxygens (including phenoxy) is 1. The number of unbranched alkanes of at least 4 members (excludes halogenated alkanes) is 1. The number of aliphatic carboxylic acids is 3. The van der Waals surface area contributed by atoms with Crippen LogP contribution >= 0.6 is 0 Å². The molecule has 88 heavy (non-hydrogen) atoms. The van der Waals surface area contributed by atoms with Crippen LogP contribution in [0.25, 0.3) is 0 Å². The Hall–Kier alpha value is -9.19. The molecule has 14 N–H and O–H groups in total. The lowest BCUT2D eigenvalue weighted by atomic mass is 9.90. The van der Waals surface area contributed by atoms with Crippen molar-refractivity contribution in [3.8, 4) is 11.5 Å². The normalized spacial score (nSPS) is 14.6. The molecule has 0 bridgehead atoms. The highest BCUT2D eigenvalue weighted by molar-refractivity contribution is 5.93. The van der Waals surface area contributed by atoms with Gasteiger partial charge in [0.05, 0.1) is 38.7 Å². The second-order valence-electron chi connectivity index (χ2n) is 20.8. The van der Waals surface area contributed by atoms with Gasteiger partial charge in [0, 0.05) is 105 Å². The molecule has 0 radical (unpaired) electrons. The number of carbonyl (C=O) groups excluding carboxylic acids is 5. The lowest BCUT2D eigenvalue weighted by Gasteiger charge is -2.32. The van der Waals surface area contributed by atoms with E-state index in [4.69, 9.17) is 10.5 Å². The van der Waals surface area contributed by atoms with Crippen molar-refractivity contribution < 1.29 is 63.5 Å². The molecule has 0 aliphatic carbocycles. The predicted octanol–water partition coefficient (Wildman–Crippen LogP) is -0.884. The first-order chi connectivity index (χ1) is 42.3. The molecule has 0 aromatic heterocycles. The predicted molar refractivity (Wildman–Crippen MR) is 327 cm³/mol. The number of benzene rings is 3. The molecule has 6 amide bonds. The number of carboxylic acids is 3. The summed E-state index contributed by atoms with van der Waals surface area (Å²) in [6.07, 6.45) is 1.84. The SMILES string of the molecule is CCC(=O)NCCNC(=O)/N=C(/N)NCCC[C@@H](NC(=O)C(c1ccccc1)c1cccc(OCCCCNc2c(NCCNC(=O)CN3CCN(CC(=O)O)CCN(CC(=O)O)CCN(CC(=O)O)CC3)c(=O)c2=O)c1)C(=O)NCc1ccc(O)cc1. The third-order valence-electron chi connectivity index (χ3n) is 14.0. The van der Waals surface area contributed by atoms with Crippen molar-refractivity contribution in [2.75, 3.05) is 135 Å². The van der Waals surface area contributed by atoms with Crippen molar-refractivity contribution >= 4 is 64.9 Å². The van der Waals surface area contributed by atoms with Gasteiger partial charge in [-0.1, -0.05) is 61.5 Å². The molecule has 5 rings (SSSR count). The zero-order chi connectivity index (χ0) is 63.8. The molecule has 0 spiro atoms. The summed E-state index contributed by atoms with van der Waals surface area (Å²) in [5.41, 5.74) is 6.70. The van der Waals surface area contributed by atoms with Gasteiger partial charge in [-0.25, -0.2) is 4.79 Å². The minimum Gasteiger partial charge on any atom is -0.508 e. The third-order valence-corrected chi connectivity index (χ3v) is 14.0. The van der Waals surface area contributed by atoms with Gasteiger partial charge in [0.2, 0.25) is 23.6 Å². The monoisotopic (exact) mass is 1230 g/mol. The van der Waals surface area contributed by atoms with Gasteiger partial charge in [-0.3, -0.25) is 62.8 Å². The van der Waals surface area contributed by atoms with Gasteiger partial charge in [-0.15, -0.1) is 0 Å². The number of aromatic hydroxyl groups is 1. The van der Waals surface area contributed by atoms with Gasteiger partial charge in [-0.05, 0) is 66.6 Å². The van der Waals surface area contributed by atoms with Crippen molar-refractivity contribution in [3.63, 3.8) is 0 Å². The number of nitrogens with zero attached hydrogens (tertiary/aromatic N) is 5. The first kappa shape index (κ1) is 69.6. The van der Waals surface area contributed by atoms with Crippen molar-refractivity contribution in [3.05, 3.63) is 116 Å². The van der Waals surface area contributed by atoms with Crippen LogP contribution in [0.4, 0.5) is 16.2 Å². The van der Waals surface area contributed by atoms with E-state index in [9.17, 15) is 68.4 Å². The fourth-order valence-corrected chi connectivity index (χ4v) is 9.37. The van der Waals surface area contributed by atoms with Crippen LogP contribution in [-0.4, -0.2) is 224 Å². The molecule has 478 valence electrons. The first-order valence-electron chi connectivity index (χ1n) is 29.2. The zero-order valence-electron chi connectivity index (χ0n) is 49.4. The molecule has 1 saturated heterocycles. The van der Waals surface area contributed by atoms with E-state index in [0.717, 1.165) is 0 Å². The van der Waals surface area contributed by atoms with Gasteiger partial charge >= 0.3 is 23.9 Å². The van der Waals surface area contributed by atoms with Crippen LogP contribution < -0.4 is 63.9 Å². The number of nitrogens with two attached hydrogens (primary N) is 1. The number of carbonyl (C=O) groups is 8. The molecular weight excluding hydrogens is 1140 g/mol. The van der Waals surface area contributed by atoms with Gasteiger partial charge in [0.1, 0.15) is 28.9 Å². The average molecular weight is 1230 g/mol. The Kier molecular flexibility index (Phi) is 29.6. The molecule has 29 nitrogen and oxygen atoms in total. The van der Waals surface area contributed by atoms with Crippen LogP contribution in [0.15, 0.2) is 93.4 Å². The van der Waals surface area contributed by atoms with E-state index in [1.807, 2.05) is 6.07 Å². The fraction of sp³-hybridized carbons (Fsp3) is 0.475. The Bertz CT molecular complexity index is 3000. The lowest BCUT2D eigenvalue weighted by molar-refractivity contribution is -0.140. The maximum atomic E-state index is 14.5. The molecule has 1 heterocycles. The van der Waals surface area contributed by atoms with Gasteiger partial charge in [0.25, 0.3) is 10.9 Å². The van der Waals surface area contributed by atoms with E-state index in [-0.39, 0.29) is 166 Å². The van der Waals surface area contributed by atoms with Crippen molar-refractivity contribution in [2.45, 2.75) is 57.5 Å². The number of phenolic OH excluding ortho intramolecular Hbond substituents is 1. The van der Waals surface area contributed by atoms with Crippen LogP contribution in [0.3, 0.4) is 0 Å². The molecule has 4 aromatic rings. The summed E-state index contributed by atoms with van der Waals surface area (Å²) < 4.78 is 6.13. The van der Waals surface area contributed by atoms with E-state index in [2.05, 4.69) is 47.5 Å². The fourth-order valence-electron chi connectivity index (χ4n) is 9.37. The second kappa shape index (κ2) is 37.4. The highest BCUT2D eigenvalue weighted by Gasteiger charge is 2.29. The summed E-state index contributed by atoms with van der Waals surface area (Å²) in [6, 6.07) is 20.6. The smallest absolute Gasteiger partial charge is 0.344 e. The maximum Gasteiger partial charge on any atom is 0.344 e. The van der Waals surface area contributed by atoms with Gasteiger partial charge in [0.15, 0.2) is 5.96 Å². The summed E-state index contributed by atoms with van der Waals surface area (Å²) in [4.78, 5) is 136. The van der Waals surface area contributed by atoms with E-state index < -0.39 is 58.6 Å². The number of hydrogen-bond acceptors (Lipinski definition) is 18. The Morgan fingerprint density at radius 1 is 0.568 bits per heavy atom. The van der Waals surface area contributed by atoms with Crippen LogP contribution in [0.5, 0.6) is 11.5 Å². The summed E-state index contributed by atoms with van der Waals surface area (Å²) in [5, 5.41) is 60.8. The highest BCUT2D eigenvalue weighted by Crippen LogP contribution is 2.28. The number of anilines is 2. The van der Waals surface area contributed by atoms with Gasteiger partial charge < -0.3 is 73.4 Å². The van der Waals surface area contributed by atoms with Crippen molar-refractivity contribution in [2.24, 2.45) is 10.7 Å². The maximum absolute atomic E-state index is 14.5. The van der Waals surface area contributed by atoms with E-state index >= 15 is 0 Å². The quantitative estimate of drug-likeness (QED) is 0.0117. The zero-order valence-corrected chi connectivity index (χ0v) is 49.4. The Morgan fingerprint density at radius 3 is 1.68 bits per heavy atom. The van der Waals surface area contributed by atoms with Crippen LogP contribution in [0.1, 0.15) is 61.6 Å². The average Bonchev–Trinajstić information content (AvgIpc) is 2.12. The number of aliphatic imine (C=N–C) groups is 1. The topological polar surface area (TPSA) is 408 Å². The first-order valence-corrected chi connectivity index (χ1v) is 29.2. The molecule has 29 heteroatoms. The Balaban J connectivity index is 1.11. The highest BCUT2D eigenvalue weighted by atomic mass is 16.5. The standard InChI is InChI=1S/C59H82N14O15/c1-2-46(75)61-22-24-66-59(87)69-58(60)65-20-9-14-45(56(85)67-35-40-15-17-43(74)18-16-40)68-57(86)51(41-10-4-3-5-11-41)42-12-8-13-44(34-42)88-33-7-6-19-63-52-53(55(84)54(52)83)64-23-21-62-47(76)36-70-25-27-71(37-48(77)78)29-31-73(39-50(81)82)32-30-72(28-26-70)38-49(79)80/h3-5,8,10-13,15-18,34,45,51,63-64,74H,2,6-7,9,14,19-33,35-39H2,1H3,(H,61,75)(H,62,76)(H,67,85)(H,68,86)(H,77,78)(H,79,80)(H,81,82)(H4,60,65,66,69,87)/t45-,51?/m1/s1. The molecule has 4 aromatic carbocycles. The van der Waals surface area contributed by atoms with Crippen molar-refractivity contribution in [1.82, 2.24) is 51.5 Å². The summed E-state index contributed by atoms with van der Waals surface area (Å²) in [6.45, 7) is 4.10. The number of rotatable bonds is 34. The number of carboxylic acid groups (broad SMARTS) is 3. The lowest BCUT2D eigenvalue weighted by Crippen LogP contribution is -2.50. The summed E-state index contributed by atoms with van der Waals surface area (Å²) >= 11 is 0. The molecule has 1 aliphatic rings. The minimum absolute atomic E-state index is 0.0651. The second-order valence-corrected chi connectivity index (χ2v) is 20.8. The van der Waals surface area contributed by atoms with Crippen molar-refractivity contribution in [1.29, 1.82) is 0 Å². The largest absolute Gasteiger partial charge is 0.508 e. The number of nitrogens with one attached hydrogen (secondary N) is 8. The number of guanidine groups is 1. The number of urea groups is 1. The minimum atomic E-state index is -1.07. The molecule has 2 atom stereocenters. The van der Waals surface area contributed by atoms with Crippen LogP contribution in [0, 0.1) is 0 Å². The third kappa shape index (κ3) is 25.4. The van der Waals surface area contributed by atoms with Crippen LogP contribution in [-0.2, 0) is 40.1 Å². The van der Waals surface area contributed by atoms with E-state index in [1.54, 1.807) is 87.2 Å². The number of phenols is 1. The van der Waals surface area contributed by atoms with Gasteiger partial charge in [-0.2, -0.15) is 4.99 Å². The van der Waals surface area contributed by atoms with E-state index in [0.29, 0.717) is 54.7 Å². The van der Waals surface area contributed by atoms with Crippen LogP contribution in [0.2, 0.25) is 0 Å². The molecule has 1 fully saturated rings. The molecule has 1 aliphatic heterocycles. The summed E-state index contributed by atoms with van der Waals surface area (Å²) in [7, 11) is 0. The Labute approximate surface area is 509 Å². The van der Waals surface area contributed by atoms with E-state index in [1.165, 1.54) is 12.1 Å². The molecular formula is C59H82N14O15. The molecule has 0 saturated carbocycles. The Morgan fingerprint density at radius 2 is 1.10 bits per heavy atom.